The molecule has 2 aromatic rings. The minimum Gasteiger partial charge on any atom is -0.322 e. The van der Waals surface area contributed by atoms with Gasteiger partial charge in [0.25, 0.3) is 5.91 Å². The van der Waals surface area contributed by atoms with Crippen LogP contribution in [0, 0.1) is 11.3 Å². The van der Waals surface area contributed by atoms with Crippen molar-refractivity contribution in [2.75, 3.05) is 18.4 Å². The van der Waals surface area contributed by atoms with Crippen LogP contribution in [0.1, 0.15) is 28.8 Å². The number of carbonyl (C=O) groups is 1. The Morgan fingerprint density at radius 1 is 1.15 bits per heavy atom. The molecule has 1 aliphatic rings. The van der Waals surface area contributed by atoms with Gasteiger partial charge in [-0.2, -0.15) is 9.57 Å². The lowest BCUT2D eigenvalue weighted by Gasteiger charge is -2.16. The fraction of sp³-hybridized carbons (Fsp3) is 0.222. The van der Waals surface area contributed by atoms with Gasteiger partial charge in [-0.1, -0.05) is 6.07 Å². The lowest BCUT2D eigenvalue weighted by molar-refractivity contribution is 0.102. The molecule has 6 nitrogen and oxygen atoms in total. The SMILES string of the molecule is N#Cc1cccc(NC(=O)c2cc(S(=O)(=O)N3CCCC3)ccc2Br)c1. The van der Waals surface area contributed by atoms with Crippen LogP contribution in [0.3, 0.4) is 0 Å². The van der Waals surface area contributed by atoms with Crippen molar-refractivity contribution in [1.82, 2.24) is 4.31 Å². The monoisotopic (exact) mass is 433 g/mol. The largest absolute Gasteiger partial charge is 0.322 e. The minimum atomic E-state index is -3.61. The van der Waals surface area contributed by atoms with Crippen LogP contribution in [0.5, 0.6) is 0 Å². The van der Waals surface area contributed by atoms with E-state index in [1.807, 2.05) is 6.07 Å². The van der Waals surface area contributed by atoms with Gasteiger partial charge in [-0.05, 0) is 65.2 Å². The van der Waals surface area contributed by atoms with Crippen LogP contribution in [0.15, 0.2) is 51.8 Å². The smallest absolute Gasteiger partial charge is 0.256 e. The van der Waals surface area contributed by atoms with Crippen molar-refractivity contribution in [3.8, 4) is 6.07 Å². The summed E-state index contributed by atoms with van der Waals surface area (Å²) < 4.78 is 27.3. The molecular formula is C18H16BrN3O3S. The summed E-state index contributed by atoms with van der Waals surface area (Å²) in [5.74, 6) is -0.453. The number of hydrogen-bond acceptors (Lipinski definition) is 4. The number of amides is 1. The average molecular weight is 434 g/mol. The number of hydrogen-bond donors (Lipinski definition) is 1. The number of nitrogens with zero attached hydrogens (tertiary/aromatic N) is 2. The standard InChI is InChI=1S/C18H16BrN3O3S/c19-17-7-6-15(26(24,25)22-8-1-2-9-22)11-16(17)18(23)21-14-5-3-4-13(10-14)12-20/h3-7,10-11H,1-2,8-9H2,(H,21,23). The van der Waals surface area contributed by atoms with Crippen LogP contribution in [0.25, 0.3) is 0 Å². The predicted molar refractivity (Wildman–Crippen MR) is 101 cm³/mol. The van der Waals surface area contributed by atoms with Gasteiger partial charge in [0.05, 0.1) is 22.1 Å². The van der Waals surface area contributed by atoms with E-state index >= 15 is 0 Å². The van der Waals surface area contributed by atoms with E-state index in [0.29, 0.717) is 28.8 Å². The molecule has 1 fully saturated rings. The fourth-order valence-electron chi connectivity index (χ4n) is 2.78. The molecule has 1 saturated heterocycles. The van der Waals surface area contributed by atoms with Gasteiger partial charge in [-0.15, -0.1) is 0 Å². The summed E-state index contributed by atoms with van der Waals surface area (Å²) in [6.07, 6.45) is 1.69. The number of anilines is 1. The first-order chi connectivity index (χ1) is 12.4. The molecular weight excluding hydrogens is 418 g/mol. The second-order valence-corrected chi connectivity index (χ2v) is 8.69. The van der Waals surface area contributed by atoms with Crippen molar-refractivity contribution in [3.63, 3.8) is 0 Å². The molecule has 0 bridgehead atoms. The zero-order chi connectivity index (χ0) is 18.7. The first kappa shape index (κ1) is 18.6. The molecule has 0 aromatic heterocycles. The summed E-state index contributed by atoms with van der Waals surface area (Å²) in [5.41, 5.74) is 1.11. The van der Waals surface area contributed by atoms with E-state index in [-0.39, 0.29) is 10.5 Å². The number of nitrogens with one attached hydrogen (secondary N) is 1. The lowest BCUT2D eigenvalue weighted by atomic mass is 10.2. The van der Waals surface area contributed by atoms with Gasteiger partial charge in [-0.3, -0.25) is 4.79 Å². The van der Waals surface area contributed by atoms with Crippen LogP contribution < -0.4 is 5.32 Å². The second kappa shape index (κ2) is 7.58. The van der Waals surface area contributed by atoms with E-state index in [9.17, 15) is 13.2 Å². The molecule has 134 valence electrons. The zero-order valence-electron chi connectivity index (χ0n) is 13.8. The topological polar surface area (TPSA) is 90.3 Å². The van der Waals surface area contributed by atoms with E-state index in [1.54, 1.807) is 30.3 Å². The number of nitriles is 1. The summed E-state index contributed by atoms with van der Waals surface area (Å²) >= 11 is 3.30. The van der Waals surface area contributed by atoms with Crippen molar-refractivity contribution in [3.05, 3.63) is 58.1 Å². The molecule has 1 amide bonds. The Balaban J connectivity index is 1.90. The highest BCUT2D eigenvalue weighted by molar-refractivity contribution is 9.10. The molecule has 0 radical (unpaired) electrons. The maximum atomic E-state index is 12.7. The highest BCUT2D eigenvalue weighted by Crippen LogP contribution is 2.26. The van der Waals surface area contributed by atoms with Crippen molar-refractivity contribution < 1.29 is 13.2 Å². The van der Waals surface area contributed by atoms with Gasteiger partial charge >= 0.3 is 0 Å². The zero-order valence-corrected chi connectivity index (χ0v) is 16.2. The summed E-state index contributed by atoms with van der Waals surface area (Å²) in [7, 11) is -3.61. The molecule has 8 heteroatoms. The molecule has 1 aliphatic heterocycles. The molecule has 1 N–H and O–H groups in total. The molecule has 2 aromatic carbocycles. The summed E-state index contributed by atoms with van der Waals surface area (Å²) in [5, 5.41) is 11.6. The van der Waals surface area contributed by atoms with Crippen LogP contribution in [0.2, 0.25) is 0 Å². The van der Waals surface area contributed by atoms with E-state index in [2.05, 4.69) is 21.2 Å². The van der Waals surface area contributed by atoms with Crippen LogP contribution >= 0.6 is 15.9 Å². The van der Waals surface area contributed by atoms with E-state index in [1.165, 1.54) is 16.4 Å². The lowest BCUT2D eigenvalue weighted by Crippen LogP contribution is -2.28. The Morgan fingerprint density at radius 3 is 2.58 bits per heavy atom. The van der Waals surface area contributed by atoms with Gasteiger partial charge in [0, 0.05) is 23.2 Å². The Bertz CT molecular complexity index is 993. The Morgan fingerprint density at radius 2 is 1.88 bits per heavy atom. The molecule has 0 aliphatic carbocycles. The highest BCUT2D eigenvalue weighted by Gasteiger charge is 2.28. The summed E-state index contributed by atoms with van der Waals surface area (Å²) in [6.45, 7) is 1.00. The third-order valence-corrected chi connectivity index (χ3v) is 6.72. The van der Waals surface area contributed by atoms with E-state index in [4.69, 9.17) is 5.26 Å². The first-order valence-electron chi connectivity index (χ1n) is 8.03. The number of halogens is 1. The second-order valence-electron chi connectivity index (χ2n) is 5.90. The fourth-order valence-corrected chi connectivity index (χ4v) is 4.75. The Labute approximate surface area is 160 Å². The maximum absolute atomic E-state index is 12.7. The summed E-state index contributed by atoms with van der Waals surface area (Å²) in [6, 6.07) is 12.9. The number of rotatable bonds is 4. The third kappa shape index (κ3) is 3.80. The highest BCUT2D eigenvalue weighted by atomic mass is 79.9. The number of benzene rings is 2. The van der Waals surface area contributed by atoms with Gasteiger partial charge in [0.15, 0.2) is 0 Å². The van der Waals surface area contributed by atoms with E-state index < -0.39 is 15.9 Å². The first-order valence-corrected chi connectivity index (χ1v) is 10.3. The predicted octanol–water partition coefficient (Wildman–Crippen LogP) is 3.36. The molecule has 1 heterocycles. The van der Waals surface area contributed by atoms with Gasteiger partial charge in [-0.25, -0.2) is 8.42 Å². The maximum Gasteiger partial charge on any atom is 0.256 e. The molecule has 0 spiro atoms. The molecule has 0 atom stereocenters. The quantitative estimate of drug-likeness (QED) is 0.799. The van der Waals surface area contributed by atoms with Crippen molar-refractivity contribution in [1.29, 1.82) is 5.26 Å². The van der Waals surface area contributed by atoms with Gasteiger partial charge in [0.1, 0.15) is 0 Å². The van der Waals surface area contributed by atoms with Gasteiger partial charge in [0.2, 0.25) is 10.0 Å². The van der Waals surface area contributed by atoms with Gasteiger partial charge < -0.3 is 5.32 Å². The van der Waals surface area contributed by atoms with Crippen LogP contribution in [-0.2, 0) is 10.0 Å². The van der Waals surface area contributed by atoms with Crippen LogP contribution in [0.4, 0.5) is 5.69 Å². The van der Waals surface area contributed by atoms with Crippen molar-refractivity contribution in [2.45, 2.75) is 17.7 Å². The minimum absolute atomic E-state index is 0.0959. The van der Waals surface area contributed by atoms with Crippen LogP contribution in [-0.4, -0.2) is 31.7 Å². The molecule has 0 unspecified atom stereocenters. The molecule has 0 saturated carbocycles. The van der Waals surface area contributed by atoms with E-state index in [0.717, 1.165) is 12.8 Å². The van der Waals surface area contributed by atoms with Crippen molar-refractivity contribution >= 4 is 37.5 Å². The average Bonchev–Trinajstić information content (AvgIpc) is 3.17. The third-order valence-electron chi connectivity index (χ3n) is 4.13. The van der Waals surface area contributed by atoms with Crippen molar-refractivity contribution in [2.24, 2.45) is 0 Å². The molecule has 26 heavy (non-hydrogen) atoms. The number of carbonyl (C=O) groups excluding carboxylic acids is 1. The Kier molecular flexibility index (Phi) is 5.41. The number of sulfonamides is 1. The normalized spacial score (nSPS) is 14.8. The molecule has 3 rings (SSSR count). The summed E-state index contributed by atoms with van der Waals surface area (Å²) in [4.78, 5) is 12.7. The Hall–Kier alpha value is -2.21.